The maximum Gasteiger partial charge on any atom is 0.418 e. The Bertz CT molecular complexity index is 821. The first-order valence-corrected chi connectivity index (χ1v) is 9.49. The molecular formula is C18H21F3N4OS. The number of halogens is 3. The van der Waals surface area contributed by atoms with E-state index < -0.39 is 11.7 Å². The predicted molar refractivity (Wildman–Crippen MR) is 97.5 cm³/mol. The van der Waals surface area contributed by atoms with Crippen LogP contribution >= 0.6 is 11.3 Å². The molecule has 3 heterocycles. The van der Waals surface area contributed by atoms with Crippen LogP contribution in [-0.4, -0.2) is 33.9 Å². The summed E-state index contributed by atoms with van der Waals surface area (Å²) in [5, 5.41) is 3.21. The quantitative estimate of drug-likeness (QED) is 0.830. The van der Waals surface area contributed by atoms with Gasteiger partial charge in [-0.1, -0.05) is 0 Å². The number of carbonyl (C=O) groups excluding carboxylic acids is 1. The first-order chi connectivity index (χ1) is 12.7. The van der Waals surface area contributed by atoms with Gasteiger partial charge in [0.25, 0.3) is 0 Å². The number of anilines is 1. The van der Waals surface area contributed by atoms with Gasteiger partial charge in [0.1, 0.15) is 0 Å². The molecule has 1 aliphatic heterocycles. The number of alkyl halides is 3. The van der Waals surface area contributed by atoms with Crippen LogP contribution < -0.4 is 5.32 Å². The van der Waals surface area contributed by atoms with Crippen LogP contribution in [0.3, 0.4) is 0 Å². The molecule has 1 amide bonds. The SMILES string of the molecule is CC(=O)Nc1ncc(CN2CCC(Cc3ncc(C)cc3C(F)(F)F)C2)s1. The summed E-state index contributed by atoms with van der Waals surface area (Å²) < 4.78 is 39.8. The van der Waals surface area contributed by atoms with E-state index in [4.69, 9.17) is 0 Å². The molecule has 0 bridgehead atoms. The minimum Gasteiger partial charge on any atom is -0.302 e. The average molecular weight is 398 g/mol. The minimum absolute atomic E-state index is 0.130. The Hall–Kier alpha value is -2.00. The van der Waals surface area contributed by atoms with Crippen LogP contribution in [0.5, 0.6) is 0 Å². The first kappa shape index (κ1) is 19.8. The highest BCUT2D eigenvalue weighted by molar-refractivity contribution is 7.15. The fraction of sp³-hybridized carbons (Fsp3) is 0.500. The van der Waals surface area contributed by atoms with Crippen LogP contribution in [0.4, 0.5) is 18.3 Å². The summed E-state index contributed by atoms with van der Waals surface area (Å²) in [4.78, 5) is 22.5. The second-order valence-electron chi connectivity index (χ2n) is 6.91. The molecule has 1 atom stereocenters. The lowest BCUT2D eigenvalue weighted by atomic mass is 9.98. The van der Waals surface area contributed by atoms with Gasteiger partial charge in [-0.3, -0.25) is 14.7 Å². The molecule has 0 spiro atoms. The zero-order valence-corrected chi connectivity index (χ0v) is 16.0. The normalized spacial score (nSPS) is 18.0. The van der Waals surface area contributed by atoms with Crippen molar-refractivity contribution >= 4 is 22.4 Å². The van der Waals surface area contributed by atoms with Crippen LogP contribution in [-0.2, 0) is 23.9 Å². The molecule has 1 aliphatic rings. The maximum absolute atomic E-state index is 13.3. The third kappa shape index (κ3) is 5.26. The fourth-order valence-corrected chi connectivity index (χ4v) is 4.21. The van der Waals surface area contributed by atoms with Crippen molar-refractivity contribution < 1.29 is 18.0 Å². The fourth-order valence-electron chi connectivity index (χ4n) is 3.31. The van der Waals surface area contributed by atoms with E-state index in [-0.39, 0.29) is 17.5 Å². The second kappa shape index (κ2) is 7.93. The van der Waals surface area contributed by atoms with Crippen LogP contribution in [0.25, 0.3) is 0 Å². The van der Waals surface area contributed by atoms with Crippen LogP contribution in [0.2, 0.25) is 0 Å². The van der Waals surface area contributed by atoms with Crippen molar-refractivity contribution in [3.63, 3.8) is 0 Å². The van der Waals surface area contributed by atoms with Gasteiger partial charge < -0.3 is 5.32 Å². The number of thiazole rings is 1. The van der Waals surface area contributed by atoms with Crippen LogP contribution in [0, 0.1) is 12.8 Å². The second-order valence-corrected chi connectivity index (χ2v) is 8.03. The Morgan fingerprint density at radius 1 is 1.37 bits per heavy atom. The van der Waals surface area contributed by atoms with Gasteiger partial charge in [0.15, 0.2) is 5.13 Å². The van der Waals surface area contributed by atoms with Gasteiger partial charge in [0.2, 0.25) is 5.91 Å². The molecule has 9 heteroatoms. The van der Waals surface area contributed by atoms with Crippen molar-refractivity contribution in [3.05, 3.63) is 40.2 Å². The van der Waals surface area contributed by atoms with Crippen molar-refractivity contribution in [1.29, 1.82) is 0 Å². The van der Waals surface area contributed by atoms with Gasteiger partial charge >= 0.3 is 6.18 Å². The molecule has 1 fully saturated rings. The molecule has 1 saturated heterocycles. The molecular weight excluding hydrogens is 377 g/mol. The maximum atomic E-state index is 13.3. The number of nitrogens with one attached hydrogen (secondary N) is 1. The summed E-state index contributed by atoms with van der Waals surface area (Å²) in [6, 6.07) is 1.18. The lowest BCUT2D eigenvalue weighted by Gasteiger charge is -2.17. The lowest BCUT2D eigenvalue weighted by molar-refractivity contribution is -0.138. The van der Waals surface area contributed by atoms with Crippen LogP contribution in [0.1, 0.15) is 35.0 Å². The molecule has 146 valence electrons. The first-order valence-electron chi connectivity index (χ1n) is 8.68. The Morgan fingerprint density at radius 2 is 2.15 bits per heavy atom. The zero-order chi connectivity index (χ0) is 19.6. The number of hydrogen-bond donors (Lipinski definition) is 1. The topological polar surface area (TPSA) is 58.1 Å². The Labute approximate surface area is 159 Å². The average Bonchev–Trinajstić information content (AvgIpc) is 3.17. The number of likely N-dealkylation sites (tertiary alicyclic amines) is 1. The Balaban J connectivity index is 1.60. The molecule has 0 radical (unpaired) electrons. The molecule has 2 aromatic heterocycles. The largest absolute Gasteiger partial charge is 0.418 e. The van der Waals surface area contributed by atoms with Gasteiger partial charge in [-0.05, 0) is 43.9 Å². The lowest BCUT2D eigenvalue weighted by Crippen LogP contribution is -2.21. The highest BCUT2D eigenvalue weighted by atomic mass is 32.1. The standard InChI is InChI=1S/C18H21F3N4OS/c1-11-5-15(18(19,20)21)16(22-7-11)6-13-3-4-25(9-13)10-14-8-23-17(27-14)24-12(2)26/h5,7-8,13H,3-4,6,9-10H2,1-2H3,(H,23,24,26). The van der Waals surface area contributed by atoms with E-state index in [0.717, 1.165) is 24.4 Å². The molecule has 1 unspecified atom stereocenters. The zero-order valence-electron chi connectivity index (χ0n) is 15.1. The van der Waals surface area contributed by atoms with E-state index in [1.54, 1.807) is 13.1 Å². The molecule has 5 nitrogen and oxygen atoms in total. The van der Waals surface area contributed by atoms with Crippen molar-refractivity contribution in [1.82, 2.24) is 14.9 Å². The molecule has 2 aromatic rings. The van der Waals surface area contributed by atoms with Gasteiger partial charge in [0, 0.05) is 37.3 Å². The van der Waals surface area contributed by atoms with Crippen molar-refractivity contribution in [2.24, 2.45) is 5.92 Å². The number of pyridine rings is 1. The van der Waals surface area contributed by atoms with Gasteiger partial charge in [-0.25, -0.2) is 4.98 Å². The molecule has 0 saturated carbocycles. The van der Waals surface area contributed by atoms with E-state index >= 15 is 0 Å². The monoisotopic (exact) mass is 398 g/mol. The summed E-state index contributed by atoms with van der Waals surface area (Å²) in [5.74, 6) is -0.0211. The smallest absolute Gasteiger partial charge is 0.302 e. The summed E-state index contributed by atoms with van der Waals surface area (Å²) in [5.41, 5.74) is 0.0216. The third-order valence-electron chi connectivity index (χ3n) is 4.48. The highest BCUT2D eigenvalue weighted by Crippen LogP contribution is 2.34. The van der Waals surface area contributed by atoms with E-state index in [2.05, 4.69) is 20.2 Å². The van der Waals surface area contributed by atoms with Gasteiger partial charge in [-0.2, -0.15) is 13.2 Å². The number of carbonyl (C=O) groups is 1. The van der Waals surface area contributed by atoms with Gasteiger partial charge in [0.05, 0.1) is 11.3 Å². The molecule has 3 rings (SSSR count). The van der Waals surface area contributed by atoms with E-state index in [9.17, 15) is 18.0 Å². The third-order valence-corrected chi connectivity index (χ3v) is 5.38. The summed E-state index contributed by atoms with van der Waals surface area (Å²) in [6.45, 7) is 5.28. The van der Waals surface area contributed by atoms with E-state index in [1.807, 2.05) is 0 Å². The number of aromatic nitrogens is 2. The predicted octanol–water partition coefficient (Wildman–Crippen LogP) is 3.89. The number of rotatable bonds is 5. The molecule has 0 aromatic carbocycles. The number of nitrogens with zero attached hydrogens (tertiary/aromatic N) is 3. The minimum atomic E-state index is -4.38. The molecule has 27 heavy (non-hydrogen) atoms. The number of hydrogen-bond acceptors (Lipinski definition) is 5. The summed E-state index contributed by atoms with van der Waals surface area (Å²) >= 11 is 1.41. The number of aryl methyl sites for hydroxylation is 1. The van der Waals surface area contributed by atoms with Crippen LogP contribution in [0.15, 0.2) is 18.5 Å². The van der Waals surface area contributed by atoms with Crippen molar-refractivity contribution in [3.8, 4) is 0 Å². The number of amides is 1. The molecule has 1 N–H and O–H groups in total. The van der Waals surface area contributed by atoms with Gasteiger partial charge in [-0.15, -0.1) is 11.3 Å². The van der Waals surface area contributed by atoms with Crippen molar-refractivity contribution in [2.75, 3.05) is 18.4 Å². The van der Waals surface area contributed by atoms with E-state index in [1.165, 1.54) is 30.5 Å². The Kier molecular flexibility index (Phi) is 5.81. The Morgan fingerprint density at radius 3 is 2.85 bits per heavy atom. The molecule has 0 aliphatic carbocycles. The van der Waals surface area contributed by atoms with E-state index in [0.29, 0.717) is 23.7 Å². The summed E-state index contributed by atoms with van der Waals surface area (Å²) in [6.07, 6.45) is 0.00970. The summed E-state index contributed by atoms with van der Waals surface area (Å²) in [7, 11) is 0. The highest BCUT2D eigenvalue weighted by Gasteiger charge is 2.35. The van der Waals surface area contributed by atoms with Crippen molar-refractivity contribution in [2.45, 2.75) is 39.4 Å².